The first-order chi connectivity index (χ1) is 7.56. The lowest BCUT2D eigenvalue weighted by Crippen LogP contribution is -2.24. The molecule has 4 nitrogen and oxygen atoms in total. The van der Waals surface area contributed by atoms with Gasteiger partial charge in [-0.2, -0.15) is 0 Å². The van der Waals surface area contributed by atoms with Gasteiger partial charge in [-0.25, -0.2) is 4.98 Å². The average molecular weight is 287 g/mol. The highest BCUT2D eigenvalue weighted by molar-refractivity contribution is 9.10. The lowest BCUT2D eigenvalue weighted by molar-refractivity contribution is -0.118. The molecule has 0 amide bonds. The molecule has 1 aromatic heterocycles. The van der Waals surface area contributed by atoms with Crippen LogP contribution in [0.1, 0.15) is 32.0 Å². The van der Waals surface area contributed by atoms with Crippen molar-refractivity contribution in [3.63, 3.8) is 0 Å². The molecule has 0 aromatic carbocycles. The van der Waals surface area contributed by atoms with Crippen LogP contribution in [0, 0.1) is 6.92 Å². The number of hydrogen-bond donors (Lipinski definition) is 0. The maximum Gasteiger partial charge on any atom is 0.267 e. The van der Waals surface area contributed by atoms with Gasteiger partial charge in [0.05, 0.1) is 0 Å². The van der Waals surface area contributed by atoms with Gasteiger partial charge in [0.15, 0.2) is 0 Å². The highest BCUT2D eigenvalue weighted by Gasteiger charge is 2.06. The van der Waals surface area contributed by atoms with E-state index in [1.54, 1.807) is 11.5 Å². The lowest BCUT2D eigenvalue weighted by Gasteiger charge is -2.08. The smallest absolute Gasteiger partial charge is 0.267 e. The summed E-state index contributed by atoms with van der Waals surface area (Å²) in [5.41, 5.74) is -0.0866. The van der Waals surface area contributed by atoms with Gasteiger partial charge < -0.3 is 0 Å². The molecule has 0 spiro atoms. The van der Waals surface area contributed by atoms with E-state index in [1.165, 1.54) is 6.20 Å². The summed E-state index contributed by atoms with van der Waals surface area (Å²) in [6.07, 6.45) is 3.27. The number of aryl methyl sites for hydroxylation is 1. The van der Waals surface area contributed by atoms with Gasteiger partial charge in [-0.3, -0.25) is 14.2 Å². The van der Waals surface area contributed by atoms with Crippen molar-refractivity contribution in [3.8, 4) is 0 Å². The minimum atomic E-state index is -0.0866. The second kappa shape index (κ2) is 5.94. The summed E-state index contributed by atoms with van der Waals surface area (Å²) in [5, 5.41) is 0. The number of halogens is 1. The van der Waals surface area contributed by atoms with Gasteiger partial charge in [0.2, 0.25) is 0 Å². The van der Waals surface area contributed by atoms with Crippen LogP contribution in [-0.2, 0) is 11.3 Å². The number of Topliss-reactive ketones (excluding diaryl/α,β-unsaturated/α-hetero) is 1. The Morgan fingerprint density at radius 3 is 2.88 bits per heavy atom. The summed E-state index contributed by atoms with van der Waals surface area (Å²) >= 11 is 3.15. The molecule has 0 aliphatic carbocycles. The van der Waals surface area contributed by atoms with Gasteiger partial charge in [0, 0.05) is 25.6 Å². The second-order valence-electron chi connectivity index (χ2n) is 3.61. The Hall–Kier alpha value is -0.970. The number of carbonyl (C=O) groups excluding carboxylic acids is 1. The molecule has 0 aliphatic rings. The third-order valence-electron chi connectivity index (χ3n) is 2.44. The Bertz CT molecular complexity index is 440. The van der Waals surface area contributed by atoms with Crippen LogP contribution in [0.4, 0.5) is 0 Å². The van der Waals surface area contributed by atoms with Crippen molar-refractivity contribution in [1.29, 1.82) is 0 Å². The molecule has 0 atom stereocenters. The Labute approximate surface area is 103 Å². The summed E-state index contributed by atoms with van der Waals surface area (Å²) in [6, 6.07) is 0. The zero-order valence-electron chi connectivity index (χ0n) is 9.49. The predicted octanol–water partition coefficient (Wildman–Crippen LogP) is 2.07. The molecule has 5 heteroatoms. The van der Waals surface area contributed by atoms with E-state index in [9.17, 15) is 9.59 Å². The third kappa shape index (κ3) is 3.27. The monoisotopic (exact) mass is 286 g/mol. The van der Waals surface area contributed by atoms with Gasteiger partial charge in [-0.1, -0.05) is 6.92 Å². The van der Waals surface area contributed by atoms with E-state index in [-0.39, 0.29) is 11.3 Å². The molecule has 0 bridgehead atoms. The molecule has 0 radical (unpaired) electrons. The standard InChI is InChI=1S/C11H15BrN2O2/c1-3-9(15)5-4-6-14-8(2)13-7-10(12)11(14)16/h7H,3-6H2,1-2H3. The molecule has 88 valence electrons. The van der Waals surface area contributed by atoms with Crippen LogP contribution in [0.25, 0.3) is 0 Å². The van der Waals surface area contributed by atoms with Gasteiger partial charge >= 0.3 is 0 Å². The molecule has 0 N–H and O–H groups in total. The summed E-state index contributed by atoms with van der Waals surface area (Å²) in [6.45, 7) is 4.18. The zero-order chi connectivity index (χ0) is 12.1. The van der Waals surface area contributed by atoms with E-state index in [1.807, 2.05) is 6.92 Å². The molecule has 16 heavy (non-hydrogen) atoms. The average Bonchev–Trinajstić information content (AvgIpc) is 2.28. The van der Waals surface area contributed by atoms with E-state index in [2.05, 4.69) is 20.9 Å². The lowest BCUT2D eigenvalue weighted by atomic mass is 10.2. The van der Waals surface area contributed by atoms with Crippen LogP contribution in [0.15, 0.2) is 15.5 Å². The first-order valence-electron chi connectivity index (χ1n) is 5.30. The molecule has 0 saturated heterocycles. The fourth-order valence-electron chi connectivity index (χ4n) is 1.43. The number of hydrogen-bond acceptors (Lipinski definition) is 3. The van der Waals surface area contributed by atoms with Crippen molar-refractivity contribution in [3.05, 3.63) is 26.8 Å². The number of nitrogens with zero attached hydrogens (tertiary/aromatic N) is 2. The first-order valence-corrected chi connectivity index (χ1v) is 6.09. The van der Waals surface area contributed by atoms with E-state index < -0.39 is 0 Å². The molecule has 0 saturated carbocycles. The van der Waals surface area contributed by atoms with Gasteiger partial charge in [0.25, 0.3) is 5.56 Å². The third-order valence-corrected chi connectivity index (χ3v) is 2.98. The van der Waals surface area contributed by atoms with Crippen molar-refractivity contribution >= 4 is 21.7 Å². The predicted molar refractivity (Wildman–Crippen MR) is 65.5 cm³/mol. The van der Waals surface area contributed by atoms with E-state index in [4.69, 9.17) is 0 Å². The van der Waals surface area contributed by atoms with Crippen molar-refractivity contribution in [2.24, 2.45) is 0 Å². The van der Waals surface area contributed by atoms with Crippen LogP contribution < -0.4 is 5.56 Å². The quantitative estimate of drug-likeness (QED) is 0.833. The molecule has 0 aliphatic heterocycles. The van der Waals surface area contributed by atoms with E-state index in [0.717, 1.165) is 0 Å². The maximum absolute atomic E-state index is 11.7. The van der Waals surface area contributed by atoms with Crippen LogP contribution in [0.2, 0.25) is 0 Å². The van der Waals surface area contributed by atoms with Gasteiger partial charge in [-0.15, -0.1) is 0 Å². The van der Waals surface area contributed by atoms with Gasteiger partial charge in [0.1, 0.15) is 16.1 Å². The van der Waals surface area contributed by atoms with Crippen LogP contribution in [0.3, 0.4) is 0 Å². The normalized spacial score (nSPS) is 10.4. The van der Waals surface area contributed by atoms with Crippen molar-refractivity contribution < 1.29 is 4.79 Å². The fourth-order valence-corrected chi connectivity index (χ4v) is 1.74. The molecule has 0 unspecified atom stereocenters. The summed E-state index contributed by atoms with van der Waals surface area (Å²) < 4.78 is 2.05. The van der Waals surface area contributed by atoms with Crippen molar-refractivity contribution in [2.45, 2.75) is 39.7 Å². The highest BCUT2D eigenvalue weighted by Crippen LogP contribution is 2.03. The zero-order valence-corrected chi connectivity index (χ0v) is 11.1. The van der Waals surface area contributed by atoms with E-state index in [0.29, 0.717) is 36.1 Å². The number of rotatable bonds is 5. The minimum Gasteiger partial charge on any atom is -0.300 e. The summed E-state index contributed by atoms with van der Waals surface area (Å²) in [7, 11) is 0. The molecular formula is C11H15BrN2O2. The van der Waals surface area contributed by atoms with Crippen molar-refractivity contribution in [1.82, 2.24) is 9.55 Å². The van der Waals surface area contributed by atoms with Crippen LogP contribution >= 0.6 is 15.9 Å². The maximum atomic E-state index is 11.7. The Morgan fingerprint density at radius 2 is 2.25 bits per heavy atom. The summed E-state index contributed by atoms with van der Waals surface area (Å²) in [4.78, 5) is 26.9. The Kier molecular flexibility index (Phi) is 4.86. The minimum absolute atomic E-state index is 0.0866. The molecule has 0 fully saturated rings. The molecular weight excluding hydrogens is 272 g/mol. The highest BCUT2D eigenvalue weighted by atomic mass is 79.9. The number of ketones is 1. The van der Waals surface area contributed by atoms with E-state index >= 15 is 0 Å². The first kappa shape index (κ1) is 13.1. The Morgan fingerprint density at radius 1 is 1.56 bits per heavy atom. The fraction of sp³-hybridized carbons (Fsp3) is 0.545. The van der Waals surface area contributed by atoms with Crippen molar-refractivity contribution in [2.75, 3.05) is 0 Å². The largest absolute Gasteiger partial charge is 0.300 e. The Balaban J connectivity index is 2.71. The second-order valence-corrected chi connectivity index (χ2v) is 4.46. The number of aromatic nitrogens is 2. The van der Waals surface area contributed by atoms with Gasteiger partial charge in [-0.05, 0) is 29.3 Å². The molecule has 1 aromatic rings. The molecule has 1 heterocycles. The van der Waals surface area contributed by atoms with Crippen LogP contribution in [-0.4, -0.2) is 15.3 Å². The SMILES string of the molecule is CCC(=O)CCCn1c(C)ncc(Br)c1=O. The van der Waals surface area contributed by atoms with Crippen LogP contribution in [0.5, 0.6) is 0 Å². The molecule has 1 rings (SSSR count). The summed E-state index contributed by atoms with van der Waals surface area (Å²) in [5.74, 6) is 0.908. The topological polar surface area (TPSA) is 52.0 Å². The number of carbonyl (C=O) groups is 1.